The van der Waals surface area contributed by atoms with Gasteiger partial charge in [-0.15, -0.1) is 0 Å². The van der Waals surface area contributed by atoms with E-state index < -0.39 is 30.4 Å². The lowest BCUT2D eigenvalue weighted by molar-refractivity contribution is -0.139. The Labute approximate surface area is 338 Å². The van der Waals surface area contributed by atoms with Gasteiger partial charge in [-0.2, -0.15) is 0 Å². The van der Waals surface area contributed by atoms with E-state index in [4.69, 9.17) is 23.7 Å². The van der Waals surface area contributed by atoms with Crippen molar-refractivity contribution in [3.63, 3.8) is 0 Å². The fourth-order valence-corrected chi connectivity index (χ4v) is 5.40. The molecule has 7 N–H and O–H groups in total. The average molecular weight is 813 g/mol. The Morgan fingerprint density at radius 2 is 1.41 bits per heavy atom. The van der Waals surface area contributed by atoms with Crippen LogP contribution in [0, 0.1) is 13.8 Å². The van der Waals surface area contributed by atoms with Gasteiger partial charge in [-0.25, -0.2) is 14.8 Å². The van der Waals surface area contributed by atoms with E-state index in [1.807, 2.05) is 13.0 Å². The number of anilines is 1. The van der Waals surface area contributed by atoms with Crippen LogP contribution in [-0.4, -0.2) is 134 Å². The molecule has 0 radical (unpaired) electrons. The maximum absolute atomic E-state index is 13.2. The summed E-state index contributed by atoms with van der Waals surface area (Å²) >= 11 is 0. The summed E-state index contributed by atoms with van der Waals surface area (Å²) < 4.78 is 27.0. The molecule has 1 atom stereocenters. The number of hydrogen-bond donors (Lipinski definition) is 7. The third kappa shape index (κ3) is 18.1. The Bertz CT molecular complexity index is 1740. The normalized spacial score (nSPS) is 11.4. The summed E-state index contributed by atoms with van der Waals surface area (Å²) in [4.78, 5) is 59.0. The van der Waals surface area contributed by atoms with Gasteiger partial charge in [-0.1, -0.05) is 12.1 Å². The molecule has 0 aliphatic rings. The largest absolute Gasteiger partial charge is 0.508 e. The summed E-state index contributed by atoms with van der Waals surface area (Å²) in [6.45, 7) is 9.36. The van der Waals surface area contributed by atoms with E-state index in [2.05, 4.69) is 31.2 Å². The number of nitrogens with zero attached hydrogens (tertiary/aromatic N) is 2. The predicted molar refractivity (Wildman–Crippen MR) is 212 cm³/mol. The van der Waals surface area contributed by atoms with E-state index in [9.17, 15) is 34.5 Å². The van der Waals surface area contributed by atoms with Crippen LogP contribution in [0.5, 0.6) is 17.2 Å². The summed E-state index contributed by atoms with van der Waals surface area (Å²) in [5.74, 6) is -2.55. The van der Waals surface area contributed by atoms with Crippen LogP contribution in [0.25, 0.3) is 0 Å². The van der Waals surface area contributed by atoms with Crippen molar-refractivity contribution in [1.82, 2.24) is 25.9 Å². The lowest BCUT2D eigenvalue weighted by atomic mass is 10.1. The van der Waals surface area contributed by atoms with Crippen LogP contribution in [0.15, 0.2) is 42.5 Å². The minimum atomic E-state index is -1.50. The summed E-state index contributed by atoms with van der Waals surface area (Å²) in [7, 11) is 0. The Hall–Kier alpha value is -5.56. The number of carboxylic acids is 1. The molecule has 0 aliphatic carbocycles. The van der Waals surface area contributed by atoms with Crippen molar-refractivity contribution in [3.05, 3.63) is 70.5 Å². The maximum Gasteiger partial charge on any atom is 0.328 e. The van der Waals surface area contributed by atoms with Crippen LogP contribution < -0.4 is 26.0 Å². The number of carboxylic acid groups (broad SMARTS) is 1. The second-order valence-corrected chi connectivity index (χ2v) is 12.9. The molecule has 3 rings (SSSR count). The highest BCUT2D eigenvalue weighted by Crippen LogP contribution is 2.22. The first-order valence-corrected chi connectivity index (χ1v) is 19.2. The van der Waals surface area contributed by atoms with Crippen molar-refractivity contribution in [2.75, 3.05) is 84.4 Å². The molecule has 0 fully saturated rings. The van der Waals surface area contributed by atoms with Gasteiger partial charge >= 0.3 is 5.97 Å². The number of nitrogens with one attached hydrogen (secondary N) is 4. The first-order valence-electron chi connectivity index (χ1n) is 19.2. The molecule has 3 amide bonds. The molecule has 58 heavy (non-hydrogen) atoms. The standard InChI is InChI=1S/C40H56N6O12/c1-4-54-16-17-56-20-21-57-19-18-55-15-11-35(49)41-13-7-14-58-33-24-30(23-32(48)25-33)37(50)43-26-34(39(52)53)46-38(51)36-27(2)44-40(45-28(36)3)42-12-6-9-29-8-5-10-31(47)22-29/h5,8,10,22-25,34,47-48H,4,6-7,9,11-21,26H2,1-3H3,(H,41,49)(H,43,50)(H,46,51)(H,52,53)(H,42,44,45)/t34-/m0/s1. The quantitative estimate of drug-likeness (QED) is 0.0498. The Morgan fingerprint density at radius 1 is 0.741 bits per heavy atom. The van der Waals surface area contributed by atoms with Crippen molar-refractivity contribution < 1.29 is 58.2 Å². The number of aryl methyl sites for hydroxylation is 3. The zero-order valence-corrected chi connectivity index (χ0v) is 33.3. The highest BCUT2D eigenvalue weighted by Gasteiger charge is 2.25. The minimum absolute atomic E-state index is 0.0000978. The van der Waals surface area contributed by atoms with Crippen molar-refractivity contribution in [1.29, 1.82) is 0 Å². The van der Waals surface area contributed by atoms with Crippen LogP contribution in [0.1, 0.15) is 63.9 Å². The molecule has 2 aromatic carbocycles. The number of carbonyl (C=O) groups excluding carboxylic acids is 3. The minimum Gasteiger partial charge on any atom is -0.508 e. The molecular formula is C40H56N6O12. The van der Waals surface area contributed by atoms with Gasteiger partial charge in [0.1, 0.15) is 23.3 Å². The fourth-order valence-electron chi connectivity index (χ4n) is 5.40. The number of phenols is 2. The number of hydrogen-bond acceptors (Lipinski definition) is 14. The van der Waals surface area contributed by atoms with Gasteiger partial charge in [-0.3, -0.25) is 14.4 Å². The van der Waals surface area contributed by atoms with Crippen molar-refractivity contribution >= 4 is 29.6 Å². The molecule has 3 aromatic rings. The van der Waals surface area contributed by atoms with Crippen LogP contribution >= 0.6 is 0 Å². The van der Waals surface area contributed by atoms with Gasteiger partial charge < -0.3 is 60.3 Å². The number of aromatic hydroxyl groups is 2. The van der Waals surface area contributed by atoms with Gasteiger partial charge in [0.05, 0.1) is 69.8 Å². The van der Waals surface area contributed by atoms with E-state index >= 15 is 0 Å². The maximum atomic E-state index is 13.2. The zero-order valence-electron chi connectivity index (χ0n) is 33.3. The molecule has 1 heterocycles. The molecule has 0 spiro atoms. The van der Waals surface area contributed by atoms with Crippen molar-refractivity contribution in [2.45, 2.75) is 52.5 Å². The summed E-state index contributed by atoms with van der Waals surface area (Å²) in [5, 5.41) is 40.4. The van der Waals surface area contributed by atoms with Crippen LogP contribution in [0.3, 0.4) is 0 Å². The first kappa shape index (κ1) is 46.8. The van der Waals surface area contributed by atoms with Gasteiger partial charge in [0, 0.05) is 44.3 Å². The number of aliphatic carboxylic acids is 1. The monoisotopic (exact) mass is 812 g/mol. The topological polar surface area (TPSA) is 249 Å². The lowest BCUT2D eigenvalue weighted by Crippen LogP contribution is -2.48. The number of rotatable bonds is 29. The van der Waals surface area contributed by atoms with Crippen LogP contribution in [0.4, 0.5) is 5.95 Å². The molecule has 0 aliphatic heterocycles. The Kier molecular flexibility index (Phi) is 21.3. The van der Waals surface area contributed by atoms with E-state index in [0.29, 0.717) is 83.1 Å². The first-order chi connectivity index (χ1) is 28.0. The second kappa shape index (κ2) is 26.4. The molecule has 0 saturated carbocycles. The van der Waals surface area contributed by atoms with Gasteiger partial charge in [-0.05, 0) is 69.9 Å². The van der Waals surface area contributed by atoms with Gasteiger partial charge in [0.2, 0.25) is 11.9 Å². The molecule has 0 bridgehead atoms. The lowest BCUT2D eigenvalue weighted by Gasteiger charge is -2.17. The van der Waals surface area contributed by atoms with E-state index in [1.165, 1.54) is 18.2 Å². The number of benzene rings is 2. The molecule has 18 nitrogen and oxygen atoms in total. The van der Waals surface area contributed by atoms with Crippen molar-refractivity contribution in [2.24, 2.45) is 0 Å². The molecule has 1 aromatic heterocycles. The summed E-state index contributed by atoms with van der Waals surface area (Å²) in [5.41, 5.74) is 1.76. The molecule has 0 unspecified atom stereocenters. The second-order valence-electron chi connectivity index (χ2n) is 12.9. The average Bonchev–Trinajstić information content (AvgIpc) is 3.17. The molecular weight excluding hydrogens is 756 g/mol. The number of carbonyl (C=O) groups is 4. The van der Waals surface area contributed by atoms with Crippen molar-refractivity contribution in [3.8, 4) is 17.2 Å². The number of phenolic OH excluding ortho intramolecular Hbond substituents is 2. The van der Waals surface area contributed by atoms with Gasteiger partial charge in [0.15, 0.2) is 0 Å². The SMILES string of the molecule is CCOCCOCCOCCOCCC(=O)NCCCOc1cc(O)cc(C(=O)NC[C@H](NC(=O)c2c(C)nc(NCCCc3cccc(O)c3)nc2C)C(=O)O)c1. The number of aromatic nitrogens is 2. The van der Waals surface area contributed by atoms with E-state index in [0.717, 1.165) is 18.4 Å². The predicted octanol–water partition coefficient (Wildman–Crippen LogP) is 2.52. The molecule has 318 valence electrons. The van der Waals surface area contributed by atoms with Crippen LogP contribution in [0.2, 0.25) is 0 Å². The third-order valence-electron chi connectivity index (χ3n) is 8.26. The van der Waals surface area contributed by atoms with E-state index in [1.54, 1.807) is 32.0 Å². The highest BCUT2D eigenvalue weighted by atomic mass is 16.6. The number of amides is 3. The Morgan fingerprint density at radius 3 is 2.07 bits per heavy atom. The summed E-state index contributed by atoms with van der Waals surface area (Å²) in [6, 6.07) is 9.40. The third-order valence-corrected chi connectivity index (χ3v) is 8.26. The highest BCUT2D eigenvalue weighted by molar-refractivity contribution is 5.99. The molecule has 0 saturated heterocycles. The van der Waals surface area contributed by atoms with Gasteiger partial charge in [0.25, 0.3) is 11.8 Å². The van der Waals surface area contributed by atoms with Crippen LogP contribution in [-0.2, 0) is 35.0 Å². The summed E-state index contributed by atoms with van der Waals surface area (Å²) in [6.07, 6.45) is 2.08. The smallest absolute Gasteiger partial charge is 0.328 e. The number of ether oxygens (including phenoxy) is 5. The molecule has 18 heteroatoms. The Balaban J connectivity index is 1.35. The zero-order chi connectivity index (χ0) is 42.1. The fraction of sp³-hybridized carbons (Fsp3) is 0.500. The van der Waals surface area contributed by atoms with E-state index in [-0.39, 0.29) is 53.9 Å².